The smallest absolute Gasteiger partial charge is 0.379 e. The molecule has 5 nitrogen and oxygen atoms in total. The fraction of sp³-hybridized carbons (Fsp3) is 0.524. The van der Waals surface area contributed by atoms with Gasteiger partial charge in [-0.25, -0.2) is 4.79 Å². The number of hydrogen-bond acceptors (Lipinski definition) is 5. The molecule has 26 heavy (non-hydrogen) atoms. The molecule has 3 rings (SSSR count). The van der Waals surface area contributed by atoms with E-state index in [1.165, 1.54) is 5.56 Å². The van der Waals surface area contributed by atoms with Gasteiger partial charge in [0.15, 0.2) is 11.5 Å². The topological polar surface area (TPSA) is 72.8 Å². The second kappa shape index (κ2) is 7.23. The molecule has 0 amide bonds. The molecule has 1 aromatic carbocycles. The summed E-state index contributed by atoms with van der Waals surface area (Å²) in [4.78, 5) is 24.7. The monoisotopic (exact) mass is 358 g/mol. The first-order valence-corrected chi connectivity index (χ1v) is 9.30. The zero-order valence-corrected chi connectivity index (χ0v) is 15.6. The molecule has 2 aliphatic rings. The summed E-state index contributed by atoms with van der Waals surface area (Å²) < 4.78 is 10.5. The molecule has 0 unspecified atom stereocenters. The standard InChI is InChI=1S/C21H26O5/c1-4-25-20(23)21(24)12-17(15-10-8-14(9-11-15)13(2)3)16-6-5-7-18(22)19(16)26-21/h8-11,13,17,24H,4-7,12H2,1-3H3/t17-,21+/m0/s1. The molecule has 5 heteroatoms. The molecule has 1 aliphatic heterocycles. The maximum absolute atomic E-state index is 12.4. The van der Waals surface area contributed by atoms with Gasteiger partial charge < -0.3 is 14.6 Å². The van der Waals surface area contributed by atoms with Gasteiger partial charge in [0.1, 0.15) is 0 Å². The van der Waals surface area contributed by atoms with Crippen molar-refractivity contribution in [2.45, 2.75) is 64.1 Å². The van der Waals surface area contributed by atoms with Gasteiger partial charge in [-0.3, -0.25) is 4.79 Å². The summed E-state index contributed by atoms with van der Waals surface area (Å²) in [5.74, 6) is -2.79. The van der Waals surface area contributed by atoms with Gasteiger partial charge in [0, 0.05) is 18.8 Å². The van der Waals surface area contributed by atoms with E-state index in [0.717, 1.165) is 24.0 Å². The minimum atomic E-state index is -2.12. The Balaban J connectivity index is 2.01. The minimum absolute atomic E-state index is 0.0545. The molecule has 1 aliphatic carbocycles. The first kappa shape index (κ1) is 18.6. The highest BCUT2D eigenvalue weighted by Crippen LogP contribution is 2.45. The molecule has 1 heterocycles. The van der Waals surface area contributed by atoms with Crippen LogP contribution in [0.4, 0.5) is 0 Å². The maximum atomic E-state index is 12.4. The maximum Gasteiger partial charge on any atom is 0.379 e. The number of rotatable bonds is 4. The number of carbonyl (C=O) groups is 2. The van der Waals surface area contributed by atoms with E-state index < -0.39 is 11.8 Å². The van der Waals surface area contributed by atoms with Crippen molar-refractivity contribution in [2.24, 2.45) is 0 Å². The van der Waals surface area contributed by atoms with Gasteiger partial charge in [0.2, 0.25) is 0 Å². The Hall–Kier alpha value is -2.14. The van der Waals surface area contributed by atoms with Crippen LogP contribution in [0.5, 0.6) is 0 Å². The number of benzene rings is 1. The number of esters is 1. The van der Waals surface area contributed by atoms with E-state index in [4.69, 9.17) is 9.47 Å². The Morgan fingerprint density at radius 1 is 1.31 bits per heavy atom. The molecule has 0 radical (unpaired) electrons. The molecule has 0 spiro atoms. The fourth-order valence-electron chi connectivity index (χ4n) is 3.71. The number of aliphatic hydroxyl groups is 1. The summed E-state index contributed by atoms with van der Waals surface area (Å²) in [6, 6.07) is 8.15. The second-order valence-electron chi connectivity index (χ2n) is 7.32. The molecule has 0 aromatic heterocycles. The normalized spacial score (nSPS) is 25.7. The quantitative estimate of drug-likeness (QED) is 0.833. The van der Waals surface area contributed by atoms with Crippen LogP contribution in [0.3, 0.4) is 0 Å². The predicted octanol–water partition coefficient (Wildman–Crippen LogP) is 3.57. The molecule has 1 aromatic rings. The van der Waals surface area contributed by atoms with Gasteiger partial charge in [0.05, 0.1) is 6.61 Å². The first-order valence-electron chi connectivity index (χ1n) is 9.30. The Kier molecular flexibility index (Phi) is 5.19. The molecule has 1 N–H and O–H groups in total. The van der Waals surface area contributed by atoms with E-state index in [2.05, 4.69) is 26.0 Å². The van der Waals surface area contributed by atoms with Gasteiger partial charge in [-0.05, 0) is 42.4 Å². The molecular formula is C21H26O5. The van der Waals surface area contributed by atoms with Crippen LogP contribution in [0.1, 0.15) is 69.4 Å². The van der Waals surface area contributed by atoms with E-state index in [1.54, 1.807) is 6.92 Å². The Labute approximate surface area is 154 Å². The summed E-state index contributed by atoms with van der Waals surface area (Å²) in [6.07, 6.45) is 1.92. The lowest BCUT2D eigenvalue weighted by Gasteiger charge is -2.39. The van der Waals surface area contributed by atoms with Crippen LogP contribution < -0.4 is 0 Å². The number of hydrogen-bond donors (Lipinski definition) is 1. The lowest BCUT2D eigenvalue weighted by Crippen LogP contribution is -2.48. The second-order valence-corrected chi connectivity index (χ2v) is 7.32. The van der Waals surface area contributed by atoms with Gasteiger partial charge >= 0.3 is 11.8 Å². The van der Waals surface area contributed by atoms with E-state index in [0.29, 0.717) is 12.3 Å². The average Bonchev–Trinajstić information content (AvgIpc) is 2.62. The molecular weight excluding hydrogens is 332 g/mol. The minimum Gasteiger partial charge on any atom is -0.461 e. The van der Waals surface area contributed by atoms with Crippen molar-refractivity contribution < 1.29 is 24.2 Å². The molecule has 0 saturated carbocycles. The number of carbonyl (C=O) groups excluding carboxylic acids is 2. The zero-order chi connectivity index (χ0) is 18.9. The third kappa shape index (κ3) is 3.40. The van der Waals surface area contributed by atoms with Crippen molar-refractivity contribution in [1.29, 1.82) is 0 Å². The zero-order valence-electron chi connectivity index (χ0n) is 15.6. The largest absolute Gasteiger partial charge is 0.461 e. The van der Waals surface area contributed by atoms with Crippen LogP contribution in [-0.4, -0.2) is 29.3 Å². The summed E-state index contributed by atoms with van der Waals surface area (Å²) >= 11 is 0. The van der Waals surface area contributed by atoms with E-state index in [1.807, 2.05) is 12.1 Å². The van der Waals surface area contributed by atoms with Crippen molar-refractivity contribution in [3.05, 3.63) is 46.7 Å². The van der Waals surface area contributed by atoms with Crippen molar-refractivity contribution in [3.63, 3.8) is 0 Å². The van der Waals surface area contributed by atoms with Crippen molar-refractivity contribution in [1.82, 2.24) is 0 Å². The van der Waals surface area contributed by atoms with E-state index >= 15 is 0 Å². The highest BCUT2D eigenvalue weighted by atomic mass is 16.7. The summed E-state index contributed by atoms with van der Waals surface area (Å²) in [5, 5.41) is 10.8. The van der Waals surface area contributed by atoms with Crippen LogP contribution in [0, 0.1) is 0 Å². The van der Waals surface area contributed by atoms with Gasteiger partial charge in [-0.2, -0.15) is 0 Å². The Morgan fingerprint density at radius 2 is 2.00 bits per heavy atom. The van der Waals surface area contributed by atoms with E-state index in [-0.39, 0.29) is 30.5 Å². The fourth-order valence-corrected chi connectivity index (χ4v) is 3.71. The number of Topliss-reactive ketones (excluding diaryl/α,β-unsaturated/α-hetero) is 1. The molecule has 0 saturated heterocycles. The number of ether oxygens (including phenoxy) is 2. The van der Waals surface area contributed by atoms with Crippen LogP contribution in [0.2, 0.25) is 0 Å². The van der Waals surface area contributed by atoms with Crippen molar-refractivity contribution in [3.8, 4) is 0 Å². The summed E-state index contributed by atoms with van der Waals surface area (Å²) in [5.41, 5.74) is 3.07. The van der Waals surface area contributed by atoms with Crippen molar-refractivity contribution in [2.75, 3.05) is 6.61 Å². The summed E-state index contributed by atoms with van der Waals surface area (Å²) in [6.45, 7) is 6.06. The van der Waals surface area contributed by atoms with Gasteiger partial charge in [0.25, 0.3) is 0 Å². The highest BCUT2D eigenvalue weighted by Gasteiger charge is 2.50. The van der Waals surface area contributed by atoms with Crippen LogP contribution in [-0.2, 0) is 19.1 Å². The Bertz CT molecular complexity index is 731. The lowest BCUT2D eigenvalue weighted by molar-refractivity contribution is -0.223. The van der Waals surface area contributed by atoms with Crippen molar-refractivity contribution >= 4 is 11.8 Å². The van der Waals surface area contributed by atoms with Crippen LogP contribution >= 0.6 is 0 Å². The molecule has 2 atom stereocenters. The molecule has 140 valence electrons. The Morgan fingerprint density at radius 3 is 2.62 bits per heavy atom. The number of allylic oxidation sites excluding steroid dienone is 2. The third-order valence-electron chi connectivity index (χ3n) is 5.17. The molecule has 0 bridgehead atoms. The molecule has 0 fully saturated rings. The number of ketones is 1. The lowest BCUT2D eigenvalue weighted by atomic mass is 9.77. The average molecular weight is 358 g/mol. The van der Waals surface area contributed by atoms with Crippen LogP contribution in [0.15, 0.2) is 35.6 Å². The first-order chi connectivity index (χ1) is 12.4. The van der Waals surface area contributed by atoms with Gasteiger partial charge in [-0.1, -0.05) is 38.1 Å². The highest BCUT2D eigenvalue weighted by molar-refractivity contribution is 5.96. The third-order valence-corrected chi connectivity index (χ3v) is 5.17. The van der Waals surface area contributed by atoms with Crippen LogP contribution in [0.25, 0.3) is 0 Å². The SMILES string of the molecule is CCOC(=O)[C@@]1(O)C[C@@H](c2ccc(C(C)C)cc2)C2=C(O1)C(=O)CCC2. The summed E-state index contributed by atoms with van der Waals surface area (Å²) in [7, 11) is 0. The predicted molar refractivity (Wildman–Crippen MR) is 96.4 cm³/mol. The van der Waals surface area contributed by atoms with E-state index in [9.17, 15) is 14.7 Å². The van der Waals surface area contributed by atoms with Gasteiger partial charge in [-0.15, -0.1) is 0 Å².